The predicted octanol–water partition coefficient (Wildman–Crippen LogP) is 1.03. The molecule has 0 bridgehead atoms. The predicted molar refractivity (Wildman–Crippen MR) is 91.1 cm³/mol. The molecule has 0 unspecified atom stereocenters. The summed E-state index contributed by atoms with van der Waals surface area (Å²) in [5.41, 5.74) is 6.83. The number of nitrogens with zero attached hydrogens (tertiary/aromatic N) is 1. The number of carbonyl (C=O) groups excluding carboxylic acids is 1. The molecule has 1 aromatic carbocycles. The monoisotopic (exact) mass is 327 g/mol. The Morgan fingerprint density at radius 1 is 1.46 bits per heavy atom. The van der Waals surface area contributed by atoms with E-state index < -0.39 is 5.60 Å². The first kappa shape index (κ1) is 15.4. The SMILES string of the molecule is Cc1c(C(=O)N2C[C@@H]3CCO[C@]3(CN)C2)c(=O)[nH]c2ccccc12. The third-order valence-electron chi connectivity index (χ3n) is 5.53. The zero-order valence-corrected chi connectivity index (χ0v) is 13.7. The van der Waals surface area contributed by atoms with E-state index in [2.05, 4.69) is 4.98 Å². The number of nitrogens with one attached hydrogen (secondary N) is 1. The van der Waals surface area contributed by atoms with Crippen LogP contribution in [0.25, 0.3) is 10.9 Å². The van der Waals surface area contributed by atoms with Crippen LogP contribution in [0.5, 0.6) is 0 Å². The molecular formula is C18H21N3O3. The standard InChI is InChI=1S/C18H21N3O3/c1-11-13-4-2-3-5-14(13)20-16(22)15(11)17(23)21-8-12-6-7-24-18(12,9-19)10-21/h2-5,12H,6-10,19H2,1H3,(H,20,22)/t12-,18+/m0/s1. The molecule has 6 heteroatoms. The highest BCUT2D eigenvalue weighted by Crippen LogP contribution is 2.38. The van der Waals surface area contributed by atoms with Gasteiger partial charge in [0, 0.05) is 36.5 Å². The van der Waals surface area contributed by atoms with Crippen molar-refractivity contribution >= 4 is 16.8 Å². The lowest BCUT2D eigenvalue weighted by Gasteiger charge is -2.26. The molecule has 6 nitrogen and oxygen atoms in total. The molecule has 0 spiro atoms. The molecule has 0 aliphatic carbocycles. The summed E-state index contributed by atoms with van der Waals surface area (Å²) in [6.07, 6.45) is 0.911. The molecule has 3 N–H and O–H groups in total. The highest BCUT2D eigenvalue weighted by molar-refractivity contribution is 6.00. The van der Waals surface area contributed by atoms with Gasteiger partial charge in [-0.05, 0) is 25.0 Å². The molecule has 0 saturated carbocycles. The summed E-state index contributed by atoms with van der Waals surface area (Å²) in [4.78, 5) is 30.1. The van der Waals surface area contributed by atoms with Crippen molar-refractivity contribution in [3.8, 4) is 0 Å². The summed E-state index contributed by atoms with van der Waals surface area (Å²) in [5.74, 6) is 0.0247. The Morgan fingerprint density at radius 2 is 2.25 bits per heavy atom. The molecule has 24 heavy (non-hydrogen) atoms. The summed E-state index contributed by atoms with van der Waals surface area (Å²) in [6, 6.07) is 7.53. The number of carbonyl (C=O) groups is 1. The highest BCUT2D eigenvalue weighted by Gasteiger charge is 2.51. The van der Waals surface area contributed by atoms with Gasteiger partial charge in [-0.15, -0.1) is 0 Å². The second-order valence-corrected chi connectivity index (χ2v) is 6.79. The van der Waals surface area contributed by atoms with E-state index in [-0.39, 0.29) is 22.9 Å². The van der Waals surface area contributed by atoms with Crippen LogP contribution in [0.3, 0.4) is 0 Å². The molecule has 2 aliphatic rings. The molecule has 0 radical (unpaired) electrons. The van der Waals surface area contributed by atoms with Crippen LogP contribution in [0.2, 0.25) is 0 Å². The number of likely N-dealkylation sites (tertiary alicyclic amines) is 1. The molecule has 3 heterocycles. The molecule has 2 aliphatic heterocycles. The first-order valence-corrected chi connectivity index (χ1v) is 8.30. The number of hydrogen-bond acceptors (Lipinski definition) is 4. The number of aromatic amines is 1. The molecule has 2 fully saturated rings. The van der Waals surface area contributed by atoms with E-state index in [0.29, 0.717) is 26.2 Å². The first-order chi connectivity index (χ1) is 11.6. The lowest BCUT2D eigenvalue weighted by atomic mass is 9.91. The van der Waals surface area contributed by atoms with Crippen molar-refractivity contribution in [3.63, 3.8) is 0 Å². The average Bonchev–Trinajstić information content (AvgIpc) is 3.12. The third-order valence-corrected chi connectivity index (χ3v) is 5.53. The van der Waals surface area contributed by atoms with Gasteiger partial charge >= 0.3 is 0 Å². The molecule has 2 aromatic rings. The van der Waals surface area contributed by atoms with Crippen LogP contribution in [0, 0.1) is 12.8 Å². The second kappa shape index (κ2) is 5.43. The minimum absolute atomic E-state index is 0.223. The molecule has 126 valence electrons. The van der Waals surface area contributed by atoms with Crippen molar-refractivity contribution in [1.82, 2.24) is 9.88 Å². The summed E-state index contributed by atoms with van der Waals surface area (Å²) in [6.45, 7) is 3.98. The van der Waals surface area contributed by atoms with Gasteiger partial charge < -0.3 is 20.4 Å². The van der Waals surface area contributed by atoms with Gasteiger partial charge in [0.05, 0.1) is 6.54 Å². The topological polar surface area (TPSA) is 88.4 Å². The fourth-order valence-electron chi connectivity index (χ4n) is 4.14. The number of fused-ring (bicyclic) bond motifs is 2. The summed E-state index contributed by atoms with van der Waals surface area (Å²) >= 11 is 0. The third kappa shape index (κ3) is 2.10. The number of amides is 1. The molecule has 2 saturated heterocycles. The van der Waals surface area contributed by atoms with E-state index in [1.54, 1.807) is 4.90 Å². The smallest absolute Gasteiger partial charge is 0.261 e. The number of para-hydroxylation sites is 1. The normalized spacial score (nSPS) is 26.1. The van der Waals surface area contributed by atoms with Gasteiger partial charge in [-0.25, -0.2) is 0 Å². The lowest BCUT2D eigenvalue weighted by molar-refractivity contribution is 0.00260. The number of ether oxygens (including phenoxy) is 1. The first-order valence-electron chi connectivity index (χ1n) is 8.30. The van der Waals surface area contributed by atoms with E-state index in [0.717, 1.165) is 22.9 Å². The zero-order chi connectivity index (χ0) is 16.9. The van der Waals surface area contributed by atoms with Gasteiger partial charge in [0.25, 0.3) is 11.5 Å². The van der Waals surface area contributed by atoms with Crippen LogP contribution in [0.15, 0.2) is 29.1 Å². The van der Waals surface area contributed by atoms with Gasteiger partial charge in [0.1, 0.15) is 11.2 Å². The van der Waals surface area contributed by atoms with Gasteiger partial charge in [0.15, 0.2) is 0 Å². The largest absolute Gasteiger partial charge is 0.371 e. The Kier molecular flexibility index (Phi) is 3.47. The average molecular weight is 327 g/mol. The Morgan fingerprint density at radius 3 is 3.00 bits per heavy atom. The van der Waals surface area contributed by atoms with Crippen LogP contribution in [-0.2, 0) is 4.74 Å². The van der Waals surface area contributed by atoms with E-state index in [9.17, 15) is 9.59 Å². The maximum atomic E-state index is 13.0. The van der Waals surface area contributed by atoms with Crippen molar-refractivity contribution < 1.29 is 9.53 Å². The zero-order valence-electron chi connectivity index (χ0n) is 13.7. The quantitative estimate of drug-likeness (QED) is 0.862. The van der Waals surface area contributed by atoms with Crippen molar-refractivity contribution in [2.45, 2.75) is 18.9 Å². The van der Waals surface area contributed by atoms with Crippen LogP contribution < -0.4 is 11.3 Å². The maximum Gasteiger partial charge on any atom is 0.261 e. The van der Waals surface area contributed by atoms with Crippen molar-refractivity contribution in [3.05, 3.63) is 45.7 Å². The van der Waals surface area contributed by atoms with Gasteiger partial charge in [-0.2, -0.15) is 0 Å². The number of rotatable bonds is 2. The van der Waals surface area contributed by atoms with E-state index in [1.807, 2.05) is 31.2 Å². The molecule has 1 amide bonds. The Hall–Kier alpha value is -2.18. The minimum atomic E-state index is -0.437. The van der Waals surface area contributed by atoms with Crippen LogP contribution in [0.4, 0.5) is 0 Å². The number of aryl methyl sites for hydroxylation is 1. The number of pyridine rings is 1. The Balaban J connectivity index is 1.74. The van der Waals surface area contributed by atoms with Crippen molar-refractivity contribution in [1.29, 1.82) is 0 Å². The number of hydrogen-bond donors (Lipinski definition) is 2. The second-order valence-electron chi connectivity index (χ2n) is 6.79. The molecule has 4 rings (SSSR count). The van der Waals surface area contributed by atoms with E-state index in [1.165, 1.54) is 0 Å². The molecular weight excluding hydrogens is 306 g/mol. The van der Waals surface area contributed by atoms with Gasteiger partial charge in [0.2, 0.25) is 0 Å². The van der Waals surface area contributed by atoms with Crippen molar-refractivity contribution in [2.24, 2.45) is 11.7 Å². The number of nitrogens with two attached hydrogens (primary N) is 1. The van der Waals surface area contributed by atoms with Crippen molar-refractivity contribution in [2.75, 3.05) is 26.2 Å². The summed E-state index contributed by atoms with van der Waals surface area (Å²) in [7, 11) is 0. The van der Waals surface area contributed by atoms with Crippen LogP contribution >= 0.6 is 0 Å². The highest BCUT2D eigenvalue weighted by atomic mass is 16.5. The lowest BCUT2D eigenvalue weighted by Crippen LogP contribution is -2.45. The number of H-pyrrole nitrogens is 1. The Bertz CT molecular complexity index is 875. The van der Waals surface area contributed by atoms with Crippen LogP contribution in [-0.4, -0.2) is 47.6 Å². The Labute approximate surface area is 139 Å². The molecule has 1 aromatic heterocycles. The summed E-state index contributed by atoms with van der Waals surface area (Å²) in [5, 5.41) is 0.893. The fraction of sp³-hybridized carbons (Fsp3) is 0.444. The maximum absolute atomic E-state index is 13.0. The van der Waals surface area contributed by atoms with Gasteiger partial charge in [-0.3, -0.25) is 9.59 Å². The minimum Gasteiger partial charge on any atom is -0.371 e. The summed E-state index contributed by atoms with van der Waals surface area (Å²) < 4.78 is 5.86. The molecule has 2 atom stereocenters. The fourth-order valence-corrected chi connectivity index (χ4v) is 4.14. The van der Waals surface area contributed by atoms with E-state index >= 15 is 0 Å². The number of benzene rings is 1. The van der Waals surface area contributed by atoms with Crippen LogP contribution in [0.1, 0.15) is 22.3 Å². The van der Waals surface area contributed by atoms with Gasteiger partial charge in [-0.1, -0.05) is 18.2 Å². The number of aromatic nitrogens is 1. The van der Waals surface area contributed by atoms with E-state index in [4.69, 9.17) is 10.5 Å².